The minimum absolute atomic E-state index is 0.106. The van der Waals surface area contributed by atoms with Crippen LogP contribution in [-0.4, -0.2) is 29.4 Å². The molecule has 0 amide bonds. The van der Waals surface area contributed by atoms with Gasteiger partial charge in [-0.2, -0.15) is 22.0 Å². The SMILES string of the molecule is O=C(O)C1(C(F)(F)F)Nc2ccccc2C=C1OC(F)F. The summed E-state index contributed by atoms with van der Waals surface area (Å²) in [5, 5.41) is 10.7. The molecule has 0 saturated carbocycles. The molecule has 0 aliphatic carbocycles. The lowest BCUT2D eigenvalue weighted by Crippen LogP contribution is -2.61. The Kier molecular flexibility index (Phi) is 3.52. The van der Waals surface area contributed by atoms with E-state index < -0.39 is 30.1 Å². The first-order valence-corrected chi connectivity index (χ1v) is 5.53. The van der Waals surface area contributed by atoms with Crippen LogP contribution in [0, 0.1) is 0 Å². The fraction of sp³-hybridized carbons (Fsp3) is 0.250. The van der Waals surface area contributed by atoms with Crippen molar-refractivity contribution in [2.45, 2.75) is 18.3 Å². The zero-order chi connectivity index (χ0) is 15.8. The summed E-state index contributed by atoms with van der Waals surface area (Å²) in [5.74, 6) is -3.81. The summed E-state index contributed by atoms with van der Waals surface area (Å²) in [6.45, 7) is -3.59. The molecular weight excluding hydrogens is 301 g/mol. The van der Waals surface area contributed by atoms with Gasteiger partial charge in [0.2, 0.25) is 0 Å². The smallest absolute Gasteiger partial charge is 0.429 e. The number of halogens is 5. The lowest BCUT2D eigenvalue weighted by molar-refractivity contribution is -0.204. The number of carbonyl (C=O) groups is 1. The van der Waals surface area contributed by atoms with E-state index in [0.717, 1.165) is 0 Å². The van der Waals surface area contributed by atoms with Crippen LogP contribution in [0.3, 0.4) is 0 Å². The molecule has 21 heavy (non-hydrogen) atoms. The van der Waals surface area contributed by atoms with E-state index in [4.69, 9.17) is 5.11 Å². The Morgan fingerprint density at radius 2 is 1.90 bits per heavy atom. The number of carboxylic acids is 1. The molecule has 2 N–H and O–H groups in total. The number of anilines is 1. The fourth-order valence-corrected chi connectivity index (χ4v) is 1.96. The molecule has 1 aromatic rings. The summed E-state index contributed by atoms with van der Waals surface area (Å²) in [5.41, 5.74) is -3.81. The van der Waals surface area contributed by atoms with E-state index in [1.807, 2.05) is 0 Å². The van der Waals surface area contributed by atoms with Crippen molar-refractivity contribution in [2.75, 3.05) is 5.32 Å². The van der Waals surface area contributed by atoms with Crippen LogP contribution in [0.2, 0.25) is 0 Å². The number of carboxylic acid groups (broad SMARTS) is 1. The molecule has 9 heteroatoms. The second kappa shape index (κ2) is 4.90. The van der Waals surface area contributed by atoms with Gasteiger partial charge in [0.25, 0.3) is 5.54 Å². The van der Waals surface area contributed by atoms with Crippen LogP contribution in [0.4, 0.5) is 27.6 Å². The number of hydrogen-bond acceptors (Lipinski definition) is 3. The average Bonchev–Trinajstić information content (AvgIpc) is 2.35. The van der Waals surface area contributed by atoms with E-state index in [0.29, 0.717) is 6.08 Å². The molecule has 2 rings (SSSR count). The minimum atomic E-state index is -5.40. The van der Waals surface area contributed by atoms with E-state index in [1.54, 1.807) is 5.32 Å². The van der Waals surface area contributed by atoms with Crippen molar-refractivity contribution in [3.8, 4) is 0 Å². The van der Waals surface area contributed by atoms with Gasteiger partial charge in [-0.3, -0.25) is 0 Å². The molecule has 1 unspecified atom stereocenters. The van der Waals surface area contributed by atoms with Crippen molar-refractivity contribution in [2.24, 2.45) is 0 Å². The molecule has 1 atom stereocenters. The number of rotatable bonds is 3. The number of nitrogens with one attached hydrogen (secondary N) is 1. The number of alkyl halides is 5. The van der Waals surface area contributed by atoms with Gasteiger partial charge in [0.15, 0.2) is 0 Å². The topological polar surface area (TPSA) is 58.6 Å². The van der Waals surface area contributed by atoms with E-state index in [2.05, 4.69) is 4.74 Å². The van der Waals surface area contributed by atoms with Crippen LogP contribution in [0.15, 0.2) is 30.0 Å². The van der Waals surface area contributed by atoms with Crippen molar-refractivity contribution in [1.82, 2.24) is 0 Å². The Hall–Kier alpha value is -2.32. The van der Waals surface area contributed by atoms with Gasteiger partial charge in [0.05, 0.1) is 0 Å². The number of benzene rings is 1. The van der Waals surface area contributed by atoms with E-state index in [9.17, 15) is 26.7 Å². The normalized spacial score (nSPS) is 21.3. The predicted molar refractivity (Wildman–Crippen MR) is 61.6 cm³/mol. The highest BCUT2D eigenvalue weighted by molar-refractivity contribution is 5.93. The number of fused-ring (bicyclic) bond motifs is 1. The van der Waals surface area contributed by atoms with E-state index in [1.165, 1.54) is 24.3 Å². The number of para-hydroxylation sites is 1. The zero-order valence-corrected chi connectivity index (χ0v) is 10.1. The summed E-state index contributed by atoms with van der Waals surface area (Å²) in [7, 11) is 0. The number of ether oxygens (including phenoxy) is 1. The monoisotopic (exact) mass is 309 g/mol. The lowest BCUT2D eigenvalue weighted by Gasteiger charge is -2.37. The second-order valence-corrected chi connectivity index (χ2v) is 4.15. The molecule has 1 aliphatic heterocycles. The highest BCUT2D eigenvalue weighted by Crippen LogP contribution is 2.44. The summed E-state index contributed by atoms with van der Waals surface area (Å²) < 4.78 is 68.2. The standard InChI is InChI=1S/C12H8F5NO3/c13-10(14)21-8-5-6-3-1-2-4-7(6)18-11(8,9(19)20)12(15,16)17/h1-5,10,18H,(H,19,20). The first-order valence-electron chi connectivity index (χ1n) is 5.53. The molecule has 1 heterocycles. The molecule has 1 aliphatic rings. The quantitative estimate of drug-likeness (QED) is 0.843. The van der Waals surface area contributed by atoms with Crippen LogP contribution >= 0.6 is 0 Å². The third-order valence-electron chi connectivity index (χ3n) is 2.90. The van der Waals surface area contributed by atoms with Gasteiger partial charge >= 0.3 is 18.8 Å². The highest BCUT2D eigenvalue weighted by atomic mass is 19.4. The Morgan fingerprint density at radius 3 is 2.43 bits per heavy atom. The first-order chi connectivity index (χ1) is 9.68. The number of aliphatic carboxylic acids is 1. The summed E-state index contributed by atoms with van der Waals surface area (Å²) in [6.07, 6.45) is -4.76. The molecule has 0 spiro atoms. The van der Waals surface area contributed by atoms with E-state index in [-0.39, 0.29) is 11.3 Å². The predicted octanol–water partition coefficient (Wildman–Crippen LogP) is 3.08. The Balaban J connectivity index is 2.66. The summed E-state index contributed by atoms with van der Waals surface area (Å²) >= 11 is 0. The van der Waals surface area contributed by atoms with Gasteiger partial charge in [-0.05, 0) is 12.1 Å². The van der Waals surface area contributed by atoms with Crippen LogP contribution in [-0.2, 0) is 9.53 Å². The highest BCUT2D eigenvalue weighted by Gasteiger charge is 2.66. The third-order valence-corrected chi connectivity index (χ3v) is 2.90. The van der Waals surface area contributed by atoms with Crippen LogP contribution < -0.4 is 5.32 Å². The van der Waals surface area contributed by atoms with Gasteiger partial charge in [-0.15, -0.1) is 0 Å². The molecule has 0 fully saturated rings. The Labute approximate surface area is 114 Å². The molecule has 114 valence electrons. The van der Waals surface area contributed by atoms with Crippen LogP contribution in [0.5, 0.6) is 0 Å². The van der Waals surface area contributed by atoms with Crippen molar-refractivity contribution in [3.63, 3.8) is 0 Å². The van der Waals surface area contributed by atoms with Gasteiger partial charge in [-0.25, -0.2) is 4.79 Å². The third kappa shape index (κ3) is 2.39. The lowest BCUT2D eigenvalue weighted by atomic mass is 9.89. The van der Waals surface area contributed by atoms with Crippen molar-refractivity contribution >= 4 is 17.7 Å². The maximum absolute atomic E-state index is 13.2. The van der Waals surface area contributed by atoms with Crippen molar-refractivity contribution in [3.05, 3.63) is 35.6 Å². The molecule has 4 nitrogen and oxygen atoms in total. The molecule has 1 aromatic carbocycles. The largest absolute Gasteiger partial charge is 0.479 e. The zero-order valence-electron chi connectivity index (χ0n) is 10.1. The molecule has 0 saturated heterocycles. The minimum Gasteiger partial charge on any atom is -0.479 e. The van der Waals surface area contributed by atoms with Crippen molar-refractivity contribution in [1.29, 1.82) is 0 Å². The average molecular weight is 309 g/mol. The maximum atomic E-state index is 13.2. The molecule has 0 aromatic heterocycles. The summed E-state index contributed by atoms with van der Waals surface area (Å²) in [4.78, 5) is 11.2. The van der Waals surface area contributed by atoms with Gasteiger partial charge in [0, 0.05) is 11.3 Å². The number of hydrogen-bond donors (Lipinski definition) is 2. The molecule has 0 radical (unpaired) electrons. The maximum Gasteiger partial charge on any atom is 0.429 e. The molecule has 0 bridgehead atoms. The van der Waals surface area contributed by atoms with E-state index >= 15 is 0 Å². The fourth-order valence-electron chi connectivity index (χ4n) is 1.96. The Bertz CT molecular complexity index is 599. The summed E-state index contributed by atoms with van der Waals surface area (Å²) in [6, 6.07) is 5.37. The van der Waals surface area contributed by atoms with Crippen LogP contribution in [0.1, 0.15) is 5.56 Å². The van der Waals surface area contributed by atoms with Crippen molar-refractivity contribution < 1.29 is 36.6 Å². The Morgan fingerprint density at radius 1 is 1.29 bits per heavy atom. The van der Waals surface area contributed by atoms with Crippen LogP contribution in [0.25, 0.3) is 6.08 Å². The van der Waals surface area contributed by atoms with Gasteiger partial charge in [0.1, 0.15) is 5.76 Å². The second-order valence-electron chi connectivity index (χ2n) is 4.15. The van der Waals surface area contributed by atoms with Gasteiger partial charge < -0.3 is 15.2 Å². The molecular formula is C12H8F5NO3. The van der Waals surface area contributed by atoms with Gasteiger partial charge in [-0.1, -0.05) is 18.2 Å². The first kappa shape index (κ1) is 15.1.